The Labute approximate surface area is 87.4 Å². The fraction of sp³-hybridized carbons (Fsp3) is 0.909. The number of hydrogen-bond acceptors (Lipinski definition) is 2. The molecule has 0 radical (unpaired) electrons. The highest BCUT2D eigenvalue weighted by Crippen LogP contribution is 2.09. The number of rotatable bonds is 6. The third-order valence-electron chi connectivity index (χ3n) is 2.62. The van der Waals surface area contributed by atoms with Crippen molar-refractivity contribution >= 4 is 5.91 Å². The minimum atomic E-state index is -0.228. The monoisotopic (exact) mass is 200 g/mol. The van der Waals surface area contributed by atoms with Crippen molar-refractivity contribution in [1.82, 2.24) is 5.32 Å². The van der Waals surface area contributed by atoms with Crippen molar-refractivity contribution in [3.05, 3.63) is 0 Å². The summed E-state index contributed by atoms with van der Waals surface area (Å²) in [5, 5.41) is 2.98. The molecule has 0 saturated heterocycles. The first-order valence-corrected chi connectivity index (χ1v) is 5.44. The second kappa shape index (κ2) is 6.02. The molecule has 0 spiro atoms. The Hall–Kier alpha value is -0.570. The normalized spacial score (nSPS) is 15.3. The fourth-order valence-corrected chi connectivity index (χ4v) is 1.10. The molecule has 14 heavy (non-hydrogen) atoms. The first kappa shape index (κ1) is 13.4. The second-order valence-electron chi connectivity index (χ2n) is 4.60. The molecule has 1 unspecified atom stereocenters. The van der Waals surface area contributed by atoms with E-state index in [-0.39, 0.29) is 11.4 Å². The van der Waals surface area contributed by atoms with Crippen molar-refractivity contribution in [3.8, 4) is 0 Å². The highest BCUT2D eigenvalue weighted by atomic mass is 16.1. The van der Waals surface area contributed by atoms with E-state index in [9.17, 15) is 4.79 Å². The van der Waals surface area contributed by atoms with E-state index in [0.717, 1.165) is 12.8 Å². The number of hydrogen-bond donors (Lipinski definition) is 2. The molecule has 1 amide bonds. The van der Waals surface area contributed by atoms with Crippen LogP contribution in [0, 0.1) is 5.92 Å². The Balaban J connectivity index is 3.92. The molecular weight excluding hydrogens is 176 g/mol. The molecule has 0 saturated carbocycles. The van der Waals surface area contributed by atoms with Gasteiger partial charge in [-0.05, 0) is 25.7 Å². The highest BCUT2D eigenvalue weighted by molar-refractivity contribution is 5.76. The lowest BCUT2D eigenvalue weighted by molar-refractivity contribution is -0.123. The van der Waals surface area contributed by atoms with Gasteiger partial charge in [-0.2, -0.15) is 0 Å². The minimum absolute atomic E-state index is 0.119. The van der Waals surface area contributed by atoms with E-state index in [2.05, 4.69) is 19.2 Å². The third-order valence-corrected chi connectivity index (χ3v) is 2.62. The maximum Gasteiger partial charge on any atom is 0.220 e. The van der Waals surface area contributed by atoms with Gasteiger partial charge >= 0.3 is 0 Å². The topological polar surface area (TPSA) is 55.1 Å². The number of amides is 1. The number of nitrogens with two attached hydrogens (primary N) is 1. The van der Waals surface area contributed by atoms with Crippen LogP contribution in [0.1, 0.15) is 47.0 Å². The Kier molecular flexibility index (Phi) is 5.77. The quantitative estimate of drug-likeness (QED) is 0.685. The van der Waals surface area contributed by atoms with Crippen molar-refractivity contribution in [2.45, 2.75) is 52.5 Å². The lowest BCUT2D eigenvalue weighted by Gasteiger charge is -2.28. The first-order valence-electron chi connectivity index (χ1n) is 5.44. The summed E-state index contributed by atoms with van der Waals surface area (Å²) >= 11 is 0. The van der Waals surface area contributed by atoms with Gasteiger partial charge in [-0.3, -0.25) is 4.79 Å². The molecule has 0 aromatic carbocycles. The van der Waals surface area contributed by atoms with Crippen molar-refractivity contribution in [3.63, 3.8) is 0 Å². The largest absolute Gasteiger partial charge is 0.350 e. The molecule has 3 N–H and O–H groups in total. The summed E-state index contributed by atoms with van der Waals surface area (Å²) in [4.78, 5) is 11.5. The van der Waals surface area contributed by atoms with E-state index in [0.29, 0.717) is 18.9 Å². The van der Waals surface area contributed by atoms with Gasteiger partial charge in [0.15, 0.2) is 0 Å². The first-order chi connectivity index (χ1) is 6.43. The molecule has 0 aromatic rings. The summed E-state index contributed by atoms with van der Waals surface area (Å²) in [6.07, 6.45) is 2.42. The maximum absolute atomic E-state index is 11.5. The highest BCUT2D eigenvalue weighted by Gasteiger charge is 2.21. The van der Waals surface area contributed by atoms with Crippen molar-refractivity contribution in [2.75, 3.05) is 6.54 Å². The van der Waals surface area contributed by atoms with E-state index in [1.54, 1.807) is 0 Å². The summed E-state index contributed by atoms with van der Waals surface area (Å²) in [7, 11) is 0. The van der Waals surface area contributed by atoms with Gasteiger partial charge in [-0.25, -0.2) is 0 Å². The standard InChI is InChI=1S/C11H24N2O/c1-5-11(4,8-12)13-10(14)7-6-9(2)3/h9H,5-8,12H2,1-4H3,(H,13,14). The Bertz CT molecular complexity index is 174. The Morgan fingerprint density at radius 1 is 1.50 bits per heavy atom. The van der Waals surface area contributed by atoms with Crippen molar-refractivity contribution in [1.29, 1.82) is 0 Å². The lowest BCUT2D eigenvalue weighted by atomic mass is 9.98. The van der Waals surface area contributed by atoms with Crippen LogP contribution >= 0.6 is 0 Å². The zero-order valence-electron chi connectivity index (χ0n) is 9.89. The molecule has 0 aliphatic carbocycles. The Morgan fingerprint density at radius 3 is 2.43 bits per heavy atom. The molecule has 0 rings (SSSR count). The van der Waals surface area contributed by atoms with E-state index in [1.807, 2.05) is 13.8 Å². The molecule has 0 fully saturated rings. The average molecular weight is 200 g/mol. The zero-order valence-corrected chi connectivity index (χ0v) is 9.89. The second-order valence-corrected chi connectivity index (χ2v) is 4.60. The SMILES string of the molecule is CCC(C)(CN)NC(=O)CCC(C)C. The van der Waals surface area contributed by atoms with Gasteiger partial charge in [0, 0.05) is 18.5 Å². The van der Waals surface area contributed by atoms with E-state index in [1.165, 1.54) is 0 Å². The fourth-order valence-electron chi connectivity index (χ4n) is 1.10. The molecule has 0 aromatic heterocycles. The third kappa shape index (κ3) is 5.22. The predicted molar refractivity (Wildman–Crippen MR) is 60.0 cm³/mol. The Morgan fingerprint density at radius 2 is 2.07 bits per heavy atom. The van der Waals surface area contributed by atoms with Gasteiger partial charge in [0.1, 0.15) is 0 Å². The molecule has 0 heterocycles. The molecule has 0 aliphatic rings. The average Bonchev–Trinajstić information content (AvgIpc) is 2.14. The number of nitrogens with one attached hydrogen (secondary N) is 1. The van der Waals surface area contributed by atoms with Crippen molar-refractivity contribution in [2.24, 2.45) is 11.7 Å². The van der Waals surface area contributed by atoms with Crippen LogP contribution in [0.3, 0.4) is 0 Å². The molecule has 1 atom stereocenters. The molecule has 3 heteroatoms. The van der Waals surface area contributed by atoms with Crippen molar-refractivity contribution < 1.29 is 4.79 Å². The van der Waals surface area contributed by atoms with Crippen LogP contribution in [0.25, 0.3) is 0 Å². The predicted octanol–water partition coefficient (Wildman–Crippen LogP) is 1.67. The van der Waals surface area contributed by atoms with E-state index < -0.39 is 0 Å². The molecule has 0 aliphatic heterocycles. The molecule has 0 bridgehead atoms. The van der Waals surface area contributed by atoms with Crippen LogP contribution in [0.4, 0.5) is 0 Å². The minimum Gasteiger partial charge on any atom is -0.350 e. The van der Waals surface area contributed by atoms with Crippen LogP contribution < -0.4 is 11.1 Å². The van der Waals surface area contributed by atoms with E-state index in [4.69, 9.17) is 5.73 Å². The van der Waals surface area contributed by atoms with Gasteiger partial charge in [-0.1, -0.05) is 20.8 Å². The van der Waals surface area contributed by atoms with Crippen LogP contribution in [-0.2, 0) is 4.79 Å². The summed E-state index contributed by atoms with van der Waals surface area (Å²) in [6.45, 7) is 8.76. The number of carbonyl (C=O) groups excluding carboxylic acids is 1. The van der Waals surface area contributed by atoms with Gasteiger partial charge in [0.25, 0.3) is 0 Å². The van der Waals surface area contributed by atoms with Crippen LogP contribution in [0.5, 0.6) is 0 Å². The number of carbonyl (C=O) groups is 1. The molecule has 84 valence electrons. The summed E-state index contributed by atoms with van der Waals surface area (Å²) in [6, 6.07) is 0. The summed E-state index contributed by atoms with van der Waals surface area (Å²) in [5.41, 5.74) is 5.38. The van der Waals surface area contributed by atoms with Crippen LogP contribution in [-0.4, -0.2) is 18.0 Å². The van der Waals surface area contributed by atoms with Crippen LogP contribution in [0.15, 0.2) is 0 Å². The van der Waals surface area contributed by atoms with E-state index >= 15 is 0 Å². The molecule has 3 nitrogen and oxygen atoms in total. The van der Waals surface area contributed by atoms with Gasteiger partial charge < -0.3 is 11.1 Å². The van der Waals surface area contributed by atoms with Crippen LogP contribution in [0.2, 0.25) is 0 Å². The maximum atomic E-state index is 11.5. The molecular formula is C11H24N2O. The van der Waals surface area contributed by atoms with Gasteiger partial charge in [-0.15, -0.1) is 0 Å². The smallest absolute Gasteiger partial charge is 0.220 e. The lowest BCUT2D eigenvalue weighted by Crippen LogP contribution is -2.50. The summed E-state index contributed by atoms with van der Waals surface area (Å²) < 4.78 is 0. The van der Waals surface area contributed by atoms with Gasteiger partial charge in [0.05, 0.1) is 0 Å². The van der Waals surface area contributed by atoms with Gasteiger partial charge in [0.2, 0.25) is 5.91 Å². The zero-order chi connectivity index (χ0) is 11.2. The summed E-state index contributed by atoms with van der Waals surface area (Å²) in [5.74, 6) is 0.694.